The molecule has 2 N–H and O–H groups in total. The number of benzene rings is 2. The zero-order valence-corrected chi connectivity index (χ0v) is 17.0. The molecular weight excluding hydrogens is 368 g/mol. The first-order valence-corrected chi connectivity index (χ1v) is 9.80. The Morgan fingerprint density at radius 2 is 1.90 bits per heavy atom. The molecule has 0 radical (unpaired) electrons. The number of carbonyl (C=O) groups excluding carboxylic acids is 1. The van der Waals surface area contributed by atoms with Crippen LogP contribution in [0.25, 0.3) is 11.4 Å². The molecule has 0 fully saturated rings. The van der Waals surface area contributed by atoms with Gasteiger partial charge in [-0.1, -0.05) is 30.3 Å². The summed E-state index contributed by atoms with van der Waals surface area (Å²) in [6, 6.07) is 13.3. The number of ether oxygens (including phenoxy) is 1. The van der Waals surface area contributed by atoms with E-state index in [0.29, 0.717) is 31.3 Å². The zero-order chi connectivity index (χ0) is 20.6. The summed E-state index contributed by atoms with van der Waals surface area (Å²) >= 11 is 0. The fourth-order valence-corrected chi connectivity index (χ4v) is 2.94. The van der Waals surface area contributed by atoms with Gasteiger partial charge < -0.3 is 19.9 Å². The maximum absolute atomic E-state index is 11.9. The third-order valence-corrected chi connectivity index (χ3v) is 4.41. The largest absolute Gasteiger partial charge is 0.493 e. The molecule has 7 heteroatoms. The molecule has 1 heterocycles. The molecule has 152 valence electrons. The number of amides is 1. The van der Waals surface area contributed by atoms with Crippen molar-refractivity contribution in [2.24, 2.45) is 0 Å². The molecule has 0 unspecified atom stereocenters. The second-order valence-corrected chi connectivity index (χ2v) is 6.57. The van der Waals surface area contributed by atoms with Crippen molar-refractivity contribution in [1.29, 1.82) is 0 Å². The Kier molecular flexibility index (Phi) is 6.84. The van der Waals surface area contributed by atoms with Crippen molar-refractivity contribution >= 4 is 17.3 Å². The fraction of sp³-hybridized carbons (Fsp3) is 0.318. The van der Waals surface area contributed by atoms with Gasteiger partial charge in [-0.25, -0.2) is 0 Å². The van der Waals surface area contributed by atoms with Gasteiger partial charge in [-0.3, -0.25) is 4.79 Å². The standard InChI is InChI=1S/C22H26N4O3/c1-4-9-20(27)24-18-12-8-11-17(15(18)3)23-14-21-25-22(26-29-21)16-10-6-7-13-19(16)28-5-2/h6-8,10-13,23H,4-5,9,14H2,1-3H3,(H,24,27). The van der Waals surface area contributed by atoms with Crippen LogP contribution in [-0.2, 0) is 11.3 Å². The SMILES string of the molecule is CCCC(=O)Nc1cccc(NCc2nc(-c3ccccc3OCC)no2)c1C. The summed E-state index contributed by atoms with van der Waals surface area (Å²) in [5.41, 5.74) is 3.44. The third kappa shape index (κ3) is 5.13. The number of hydrogen-bond acceptors (Lipinski definition) is 6. The average molecular weight is 394 g/mol. The van der Waals surface area contributed by atoms with Crippen LogP contribution in [-0.4, -0.2) is 22.7 Å². The minimum atomic E-state index is 0.0160. The molecule has 3 aromatic rings. The predicted octanol–water partition coefficient (Wildman–Crippen LogP) is 4.79. The van der Waals surface area contributed by atoms with E-state index in [2.05, 4.69) is 20.8 Å². The van der Waals surface area contributed by atoms with Gasteiger partial charge in [0.05, 0.1) is 18.7 Å². The summed E-state index contributed by atoms with van der Waals surface area (Å²) in [4.78, 5) is 16.4. The molecule has 1 amide bonds. The maximum atomic E-state index is 11.9. The fourth-order valence-electron chi connectivity index (χ4n) is 2.94. The Balaban J connectivity index is 1.70. The molecule has 7 nitrogen and oxygen atoms in total. The predicted molar refractivity (Wildman–Crippen MR) is 113 cm³/mol. The molecule has 0 bridgehead atoms. The Morgan fingerprint density at radius 1 is 1.10 bits per heavy atom. The van der Waals surface area contributed by atoms with Gasteiger partial charge >= 0.3 is 0 Å². The van der Waals surface area contributed by atoms with E-state index in [9.17, 15) is 4.79 Å². The van der Waals surface area contributed by atoms with E-state index in [1.165, 1.54) is 0 Å². The van der Waals surface area contributed by atoms with Gasteiger partial charge in [0, 0.05) is 17.8 Å². The van der Waals surface area contributed by atoms with E-state index >= 15 is 0 Å². The summed E-state index contributed by atoms with van der Waals surface area (Å²) in [6.45, 7) is 6.81. The summed E-state index contributed by atoms with van der Waals surface area (Å²) < 4.78 is 11.0. The first kappa shape index (κ1) is 20.4. The van der Waals surface area contributed by atoms with Crippen LogP contribution in [0.4, 0.5) is 11.4 Å². The molecule has 0 saturated heterocycles. The van der Waals surface area contributed by atoms with Crippen molar-refractivity contribution in [1.82, 2.24) is 10.1 Å². The summed E-state index contributed by atoms with van der Waals surface area (Å²) in [5, 5.41) is 10.3. The van der Waals surface area contributed by atoms with Crippen molar-refractivity contribution < 1.29 is 14.1 Å². The molecule has 0 aliphatic carbocycles. The number of nitrogens with one attached hydrogen (secondary N) is 2. The van der Waals surface area contributed by atoms with E-state index in [1.54, 1.807) is 0 Å². The van der Waals surface area contributed by atoms with E-state index in [4.69, 9.17) is 9.26 Å². The van der Waals surface area contributed by atoms with Gasteiger partial charge in [0.1, 0.15) is 5.75 Å². The lowest BCUT2D eigenvalue weighted by molar-refractivity contribution is -0.116. The van der Waals surface area contributed by atoms with Crippen LogP contribution in [0.2, 0.25) is 0 Å². The first-order chi connectivity index (χ1) is 14.1. The number of carbonyl (C=O) groups is 1. The van der Waals surface area contributed by atoms with Crippen LogP contribution in [0, 0.1) is 6.92 Å². The maximum Gasteiger partial charge on any atom is 0.246 e. The molecule has 29 heavy (non-hydrogen) atoms. The van der Waals surface area contributed by atoms with Crippen LogP contribution < -0.4 is 15.4 Å². The summed E-state index contributed by atoms with van der Waals surface area (Å²) in [6.07, 6.45) is 1.32. The zero-order valence-electron chi connectivity index (χ0n) is 17.0. The van der Waals surface area contributed by atoms with Crippen LogP contribution in [0.3, 0.4) is 0 Å². The number of nitrogens with zero attached hydrogens (tertiary/aromatic N) is 2. The minimum Gasteiger partial charge on any atom is -0.493 e. The lowest BCUT2D eigenvalue weighted by atomic mass is 10.1. The molecular formula is C22H26N4O3. The van der Waals surface area contributed by atoms with Crippen molar-refractivity contribution in [3.8, 4) is 17.1 Å². The normalized spacial score (nSPS) is 10.6. The number of aromatic nitrogens is 2. The Morgan fingerprint density at radius 3 is 2.69 bits per heavy atom. The van der Waals surface area contributed by atoms with Crippen molar-refractivity contribution in [3.05, 3.63) is 53.9 Å². The molecule has 0 aliphatic rings. The van der Waals surface area contributed by atoms with Gasteiger partial charge in [0.2, 0.25) is 17.6 Å². The minimum absolute atomic E-state index is 0.0160. The quantitative estimate of drug-likeness (QED) is 0.542. The molecule has 0 aliphatic heterocycles. The average Bonchev–Trinajstić information content (AvgIpc) is 3.18. The van der Waals surface area contributed by atoms with Crippen molar-refractivity contribution in [2.75, 3.05) is 17.2 Å². The van der Waals surface area contributed by atoms with Gasteiger partial charge in [-0.15, -0.1) is 0 Å². The van der Waals surface area contributed by atoms with Gasteiger partial charge in [0.25, 0.3) is 0 Å². The van der Waals surface area contributed by atoms with E-state index < -0.39 is 0 Å². The molecule has 3 rings (SSSR count). The van der Waals surface area contributed by atoms with E-state index in [-0.39, 0.29) is 5.91 Å². The molecule has 2 aromatic carbocycles. The topological polar surface area (TPSA) is 89.3 Å². The van der Waals surface area contributed by atoms with Crippen LogP contribution in [0.15, 0.2) is 47.0 Å². The van der Waals surface area contributed by atoms with Gasteiger partial charge in [-0.05, 0) is 50.1 Å². The molecule has 1 aromatic heterocycles. The Hall–Kier alpha value is -3.35. The van der Waals surface area contributed by atoms with Crippen LogP contribution in [0.1, 0.15) is 38.1 Å². The van der Waals surface area contributed by atoms with Crippen LogP contribution in [0.5, 0.6) is 5.75 Å². The Bertz CT molecular complexity index is 968. The van der Waals surface area contributed by atoms with Gasteiger partial charge in [-0.2, -0.15) is 4.98 Å². The third-order valence-electron chi connectivity index (χ3n) is 4.41. The molecule has 0 saturated carbocycles. The number of anilines is 2. The molecule has 0 atom stereocenters. The lowest BCUT2D eigenvalue weighted by Gasteiger charge is -2.13. The van der Waals surface area contributed by atoms with E-state index in [1.807, 2.05) is 63.2 Å². The van der Waals surface area contributed by atoms with Crippen LogP contribution >= 0.6 is 0 Å². The smallest absolute Gasteiger partial charge is 0.246 e. The number of hydrogen-bond donors (Lipinski definition) is 2. The highest BCUT2D eigenvalue weighted by Gasteiger charge is 2.14. The highest BCUT2D eigenvalue weighted by molar-refractivity contribution is 5.92. The van der Waals surface area contributed by atoms with Crippen molar-refractivity contribution in [2.45, 2.75) is 40.2 Å². The number of rotatable bonds is 9. The second-order valence-electron chi connectivity index (χ2n) is 6.57. The highest BCUT2D eigenvalue weighted by atomic mass is 16.5. The Labute approximate surface area is 170 Å². The first-order valence-electron chi connectivity index (χ1n) is 9.80. The lowest BCUT2D eigenvalue weighted by Crippen LogP contribution is -2.12. The highest BCUT2D eigenvalue weighted by Crippen LogP contribution is 2.28. The van der Waals surface area contributed by atoms with Gasteiger partial charge in [0.15, 0.2) is 0 Å². The summed E-state index contributed by atoms with van der Waals surface area (Å²) in [7, 11) is 0. The second kappa shape index (κ2) is 9.73. The van der Waals surface area contributed by atoms with Crippen molar-refractivity contribution in [3.63, 3.8) is 0 Å². The monoisotopic (exact) mass is 394 g/mol. The number of para-hydroxylation sites is 1. The summed E-state index contributed by atoms with van der Waals surface area (Å²) in [5.74, 6) is 1.69. The van der Waals surface area contributed by atoms with E-state index in [0.717, 1.165) is 34.7 Å². The molecule has 0 spiro atoms.